The number of rotatable bonds is 16. The van der Waals surface area contributed by atoms with E-state index < -0.39 is 150 Å². The van der Waals surface area contributed by atoms with Gasteiger partial charge in [0.2, 0.25) is 0 Å². The summed E-state index contributed by atoms with van der Waals surface area (Å²) in [5.41, 5.74) is -20.3. The predicted molar refractivity (Wildman–Crippen MR) is 197 cm³/mol. The van der Waals surface area contributed by atoms with Crippen molar-refractivity contribution in [3.05, 3.63) is 181 Å². The maximum Gasteiger partial charge on any atom is 2.00 e. The van der Waals surface area contributed by atoms with Gasteiger partial charge in [-0.25, -0.2) is 0 Å². The Hall–Kier alpha value is -9.46. The van der Waals surface area contributed by atoms with E-state index in [1.807, 2.05) is 0 Å². The Morgan fingerprint density at radius 3 is 0.429 bits per heavy atom. The molecule has 320 valence electrons. The first-order valence-electron chi connectivity index (χ1n) is 14.6. The molecule has 4 aromatic rings. The van der Waals surface area contributed by atoms with Crippen molar-refractivity contribution in [2.24, 2.45) is 0 Å². The van der Waals surface area contributed by atoms with Crippen molar-refractivity contribution in [2.45, 2.75) is 0 Å². The summed E-state index contributed by atoms with van der Waals surface area (Å²) in [5.74, 6) is 0. The standard InChI is InChI=1S/2C12H4N7O12.Ca/c2*20-14(21)5-1-7(16(24)25)11(8(2-5)17(26)27)13-12-9(18(28)29)3-6(15(22)23)4-10(12)19(30)31;/h2*1-4H;/q2*-1;+2. The van der Waals surface area contributed by atoms with Crippen LogP contribution in [-0.2, 0) is 0 Å². The monoisotopic (exact) mass is 916 g/mol. The van der Waals surface area contributed by atoms with Crippen LogP contribution in [0.5, 0.6) is 0 Å². The van der Waals surface area contributed by atoms with Crippen LogP contribution in [0.3, 0.4) is 0 Å². The molecular formula is C24H8CaN14O24. The third kappa shape index (κ3) is 11.0. The fourth-order valence-corrected chi connectivity index (χ4v) is 4.58. The molecule has 0 aliphatic heterocycles. The van der Waals surface area contributed by atoms with E-state index in [-0.39, 0.29) is 86.3 Å². The Bertz CT molecular complexity index is 2250. The van der Waals surface area contributed by atoms with Crippen LogP contribution in [0.15, 0.2) is 48.5 Å². The zero-order chi connectivity index (χ0) is 47.2. The van der Waals surface area contributed by atoms with E-state index in [2.05, 4.69) is 10.6 Å². The Kier molecular flexibility index (Phi) is 15.4. The number of non-ortho nitro benzene ring substituents is 4. The smallest absolute Gasteiger partial charge is 0.635 e. The van der Waals surface area contributed by atoms with Crippen molar-refractivity contribution >= 4 is 129 Å². The van der Waals surface area contributed by atoms with E-state index in [9.17, 15) is 121 Å². The van der Waals surface area contributed by atoms with Crippen molar-refractivity contribution in [1.29, 1.82) is 0 Å². The van der Waals surface area contributed by atoms with Crippen LogP contribution < -0.4 is 0 Å². The van der Waals surface area contributed by atoms with E-state index in [1.165, 1.54) is 0 Å². The SMILES string of the molecule is O=[N+]([O-])c1cc([N+](=O)[O-])c([N-]c2c([N+](=O)[O-])cc([N+](=O)[O-])cc2[N+](=O)[O-])c([N+](=O)[O-])c1.O=[N+]([O-])c1cc([N+](=O)[O-])c([N-]c2c([N+](=O)[O-])cc([N+](=O)[O-])cc2[N+](=O)[O-])c([N+](=O)[O-])c1.[Ca+2]. The first-order valence-corrected chi connectivity index (χ1v) is 14.6. The van der Waals surface area contributed by atoms with Crippen LogP contribution in [0.25, 0.3) is 10.6 Å². The molecule has 0 saturated carbocycles. The van der Waals surface area contributed by atoms with Crippen molar-refractivity contribution in [3.8, 4) is 0 Å². The minimum atomic E-state index is -1.36. The molecule has 38 nitrogen and oxygen atoms in total. The summed E-state index contributed by atoms with van der Waals surface area (Å²) < 4.78 is 0. The number of nitro benzene ring substituents is 12. The van der Waals surface area contributed by atoms with Crippen LogP contribution >= 0.6 is 0 Å². The van der Waals surface area contributed by atoms with E-state index in [4.69, 9.17) is 0 Å². The summed E-state index contributed by atoms with van der Waals surface area (Å²) >= 11 is 0. The van der Waals surface area contributed by atoms with Gasteiger partial charge in [-0.2, -0.15) is 0 Å². The molecule has 0 unspecified atom stereocenters. The predicted octanol–water partition coefficient (Wildman–Crippen LogP) is 6.56. The van der Waals surface area contributed by atoms with Gasteiger partial charge in [-0.3, -0.25) is 121 Å². The number of nitro groups is 12. The second-order valence-electron chi connectivity index (χ2n) is 10.6. The molecule has 0 atom stereocenters. The molecule has 0 bridgehead atoms. The van der Waals surface area contributed by atoms with Crippen molar-refractivity contribution in [3.63, 3.8) is 0 Å². The van der Waals surface area contributed by atoms with Gasteiger partial charge in [-0.05, 0) is 0 Å². The third-order valence-corrected chi connectivity index (χ3v) is 7.08. The molecule has 0 aliphatic rings. The molecule has 63 heavy (non-hydrogen) atoms. The van der Waals surface area contributed by atoms with Crippen LogP contribution in [0, 0.1) is 121 Å². The van der Waals surface area contributed by atoms with Gasteiger partial charge in [0.1, 0.15) is 0 Å². The average molecular weight is 916 g/mol. The largest absolute Gasteiger partial charge is 2.00 e. The molecule has 4 rings (SSSR count). The summed E-state index contributed by atoms with van der Waals surface area (Å²) in [7, 11) is 0. The van der Waals surface area contributed by atoms with Crippen LogP contribution in [0.1, 0.15) is 0 Å². The first-order chi connectivity index (χ1) is 28.7. The zero-order valence-corrected chi connectivity index (χ0v) is 31.6. The minimum absolute atomic E-state index is 0. The number of nitrogens with zero attached hydrogens (tertiary/aromatic N) is 14. The van der Waals surface area contributed by atoms with E-state index in [0.29, 0.717) is 0 Å². The molecule has 0 amide bonds. The maximum absolute atomic E-state index is 11.3. The summed E-state index contributed by atoms with van der Waals surface area (Å²) in [6.07, 6.45) is 0. The van der Waals surface area contributed by atoms with E-state index in [1.54, 1.807) is 0 Å². The molecule has 39 heteroatoms. The molecule has 0 fully saturated rings. The topological polar surface area (TPSA) is 546 Å². The molecule has 0 radical (unpaired) electrons. The molecule has 0 heterocycles. The fourth-order valence-electron chi connectivity index (χ4n) is 4.58. The maximum atomic E-state index is 11.3. The Morgan fingerprint density at radius 2 is 0.349 bits per heavy atom. The summed E-state index contributed by atoms with van der Waals surface area (Å²) in [5, 5.41) is 140. The van der Waals surface area contributed by atoms with Gasteiger partial charge in [0.05, 0.1) is 108 Å². The van der Waals surface area contributed by atoms with Gasteiger partial charge in [-0.1, -0.05) is 0 Å². The molecule has 0 N–H and O–H groups in total. The quantitative estimate of drug-likeness (QED) is 0.0651. The van der Waals surface area contributed by atoms with Gasteiger partial charge < -0.3 is 10.6 Å². The van der Waals surface area contributed by atoms with Crippen molar-refractivity contribution in [1.82, 2.24) is 0 Å². The van der Waals surface area contributed by atoms with Crippen molar-refractivity contribution < 1.29 is 59.1 Å². The molecule has 0 aromatic heterocycles. The molecule has 0 aliphatic carbocycles. The van der Waals surface area contributed by atoms with Gasteiger partial charge in [0, 0.05) is 22.7 Å². The normalized spacial score (nSPS) is 10.0. The van der Waals surface area contributed by atoms with Gasteiger partial charge >= 0.3 is 37.7 Å². The van der Waals surface area contributed by atoms with Gasteiger partial charge in [0.15, 0.2) is 0 Å². The average Bonchev–Trinajstić information content (AvgIpc) is 3.16. The minimum Gasteiger partial charge on any atom is -0.635 e. The Balaban J connectivity index is 0.000000427. The first kappa shape index (κ1) is 49.7. The Morgan fingerprint density at radius 1 is 0.238 bits per heavy atom. The number of benzene rings is 4. The third-order valence-electron chi connectivity index (χ3n) is 7.08. The van der Waals surface area contributed by atoms with Crippen molar-refractivity contribution in [2.75, 3.05) is 0 Å². The summed E-state index contributed by atoms with van der Waals surface area (Å²) in [6.45, 7) is 0. The van der Waals surface area contributed by atoms with Crippen LogP contribution in [-0.4, -0.2) is 96.8 Å². The van der Waals surface area contributed by atoms with Crippen LogP contribution in [0.4, 0.5) is 91.0 Å². The summed E-state index contributed by atoms with van der Waals surface area (Å²) in [6, 6.07) is 2.07. The number of hydrogen-bond acceptors (Lipinski definition) is 24. The number of hydrogen-bond donors (Lipinski definition) is 0. The molecule has 4 aromatic carbocycles. The second kappa shape index (κ2) is 19.5. The van der Waals surface area contributed by atoms with E-state index in [0.717, 1.165) is 0 Å². The van der Waals surface area contributed by atoms with Gasteiger partial charge in [-0.15, -0.1) is 0 Å². The molecular weight excluding hydrogens is 908 g/mol. The molecule has 0 spiro atoms. The Labute approximate surface area is 367 Å². The van der Waals surface area contributed by atoms with Gasteiger partial charge in [0.25, 0.3) is 68.2 Å². The van der Waals surface area contributed by atoms with E-state index >= 15 is 0 Å². The second-order valence-corrected chi connectivity index (χ2v) is 10.6. The fraction of sp³-hybridized carbons (Fsp3) is 0. The zero-order valence-electron chi connectivity index (χ0n) is 29.4. The van der Waals surface area contributed by atoms with Crippen LogP contribution in [0.2, 0.25) is 0 Å². The summed E-state index contributed by atoms with van der Waals surface area (Å²) in [4.78, 5) is 118. The molecule has 0 saturated heterocycles.